The molecule has 0 fully saturated rings. The molecule has 0 amide bonds. The van der Waals surface area contributed by atoms with Gasteiger partial charge in [-0.1, -0.05) is 19.1 Å². The van der Waals surface area contributed by atoms with Crippen LogP contribution in [0, 0.1) is 0 Å². The third-order valence-corrected chi connectivity index (χ3v) is 3.68. The Kier molecular flexibility index (Phi) is 7.59. The van der Waals surface area contributed by atoms with Crippen molar-refractivity contribution in [1.29, 1.82) is 0 Å². The largest absolute Gasteiger partial charge is 0.497 e. The summed E-state index contributed by atoms with van der Waals surface area (Å²) in [4.78, 5) is 2.26. The molecule has 0 bridgehead atoms. The monoisotopic (exact) mass is 281 g/mol. The van der Waals surface area contributed by atoms with Gasteiger partial charge in [-0.05, 0) is 31.0 Å². The summed E-state index contributed by atoms with van der Waals surface area (Å²) in [6.45, 7) is 6.43. The summed E-state index contributed by atoms with van der Waals surface area (Å²) in [5, 5.41) is 10.4. The Morgan fingerprint density at radius 3 is 2.65 bits per heavy atom. The number of methoxy groups -OCH3 is 2. The lowest BCUT2D eigenvalue weighted by atomic mass is 10.1. The molecular formula is C16H27NO3. The van der Waals surface area contributed by atoms with Crippen LogP contribution in [-0.4, -0.2) is 50.0 Å². The van der Waals surface area contributed by atoms with E-state index in [-0.39, 0.29) is 0 Å². The average molecular weight is 281 g/mol. The molecule has 2 atom stereocenters. The van der Waals surface area contributed by atoms with Crippen LogP contribution in [0.2, 0.25) is 0 Å². The summed E-state index contributed by atoms with van der Waals surface area (Å²) >= 11 is 0. The highest BCUT2D eigenvalue weighted by Crippen LogP contribution is 2.21. The third-order valence-electron chi connectivity index (χ3n) is 3.68. The Labute approximate surface area is 122 Å². The van der Waals surface area contributed by atoms with E-state index >= 15 is 0 Å². The van der Waals surface area contributed by atoms with Crippen LogP contribution in [0.3, 0.4) is 0 Å². The van der Waals surface area contributed by atoms with Gasteiger partial charge in [0, 0.05) is 26.2 Å². The highest BCUT2D eigenvalue weighted by Gasteiger charge is 2.17. The normalized spacial score (nSPS) is 14.3. The zero-order chi connectivity index (χ0) is 15.0. The number of ether oxygens (including phenoxy) is 2. The van der Waals surface area contributed by atoms with E-state index in [0.717, 1.165) is 24.3 Å². The second kappa shape index (κ2) is 8.95. The second-order valence-electron chi connectivity index (χ2n) is 5.04. The quantitative estimate of drug-likeness (QED) is 0.755. The van der Waals surface area contributed by atoms with E-state index < -0.39 is 6.10 Å². The van der Waals surface area contributed by atoms with Gasteiger partial charge in [-0.15, -0.1) is 0 Å². The third kappa shape index (κ3) is 5.12. The molecule has 1 aromatic rings. The molecule has 0 saturated heterocycles. The van der Waals surface area contributed by atoms with Gasteiger partial charge in [0.2, 0.25) is 0 Å². The molecular weight excluding hydrogens is 254 g/mol. The molecule has 1 rings (SSSR count). The molecule has 0 aliphatic heterocycles. The fourth-order valence-corrected chi connectivity index (χ4v) is 2.13. The molecule has 0 saturated carbocycles. The Bertz CT molecular complexity index is 384. The van der Waals surface area contributed by atoms with Crippen molar-refractivity contribution in [3.8, 4) is 5.75 Å². The van der Waals surface area contributed by atoms with Gasteiger partial charge >= 0.3 is 0 Å². The number of benzene rings is 1. The van der Waals surface area contributed by atoms with E-state index in [1.807, 2.05) is 24.3 Å². The highest BCUT2D eigenvalue weighted by atomic mass is 16.5. The van der Waals surface area contributed by atoms with E-state index in [1.165, 1.54) is 0 Å². The fraction of sp³-hybridized carbons (Fsp3) is 0.625. The van der Waals surface area contributed by atoms with Crippen LogP contribution < -0.4 is 4.74 Å². The number of nitrogens with zero attached hydrogens (tertiary/aromatic N) is 1. The first kappa shape index (κ1) is 17.0. The van der Waals surface area contributed by atoms with Crippen molar-refractivity contribution in [2.24, 2.45) is 0 Å². The SMILES string of the molecule is CCC(C)N(CCOC)CC(O)c1cccc(OC)c1. The number of rotatable bonds is 9. The van der Waals surface area contributed by atoms with Crippen molar-refractivity contribution < 1.29 is 14.6 Å². The lowest BCUT2D eigenvalue weighted by molar-refractivity contribution is 0.0667. The minimum Gasteiger partial charge on any atom is -0.497 e. The van der Waals surface area contributed by atoms with Crippen molar-refractivity contribution in [2.45, 2.75) is 32.4 Å². The number of hydrogen-bond donors (Lipinski definition) is 1. The lowest BCUT2D eigenvalue weighted by Gasteiger charge is -2.30. The lowest BCUT2D eigenvalue weighted by Crippen LogP contribution is -2.38. The molecule has 1 N–H and O–H groups in total. The maximum Gasteiger partial charge on any atom is 0.119 e. The van der Waals surface area contributed by atoms with Crippen molar-refractivity contribution in [2.75, 3.05) is 33.9 Å². The zero-order valence-corrected chi connectivity index (χ0v) is 13.0. The Balaban J connectivity index is 2.70. The zero-order valence-electron chi connectivity index (χ0n) is 13.0. The first-order chi connectivity index (χ1) is 9.62. The highest BCUT2D eigenvalue weighted by molar-refractivity contribution is 5.29. The summed E-state index contributed by atoms with van der Waals surface area (Å²) in [7, 11) is 3.34. The van der Waals surface area contributed by atoms with Gasteiger partial charge in [-0.25, -0.2) is 0 Å². The molecule has 4 nitrogen and oxygen atoms in total. The molecule has 4 heteroatoms. The predicted molar refractivity (Wildman–Crippen MR) is 81.2 cm³/mol. The summed E-state index contributed by atoms with van der Waals surface area (Å²) in [5.41, 5.74) is 0.884. The summed E-state index contributed by atoms with van der Waals surface area (Å²) < 4.78 is 10.3. The van der Waals surface area contributed by atoms with Gasteiger partial charge in [0.05, 0.1) is 19.8 Å². The smallest absolute Gasteiger partial charge is 0.119 e. The van der Waals surface area contributed by atoms with Crippen LogP contribution in [0.25, 0.3) is 0 Å². The Morgan fingerprint density at radius 2 is 2.05 bits per heavy atom. The number of aliphatic hydroxyl groups is 1. The van der Waals surface area contributed by atoms with E-state index in [2.05, 4.69) is 18.7 Å². The average Bonchev–Trinajstić information content (AvgIpc) is 2.50. The van der Waals surface area contributed by atoms with Gasteiger partial charge < -0.3 is 14.6 Å². The topological polar surface area (TPSA) is 41.9 Å². The van der Waals surface area contributed by atoms with Gasteiger partial charge in [-0.3, -0.25) is 4.90 Å². The molecule has 0 aliphatic rings. The Morgan fingerprint density at radius 1 is 1.30 bits per heavy atom. The minimum atomic E-state index is -0.518. The molecule has 0 heterocycles. The summed E-state index contributed by atoms with van der Waals surface area (Å²) in [5.74, 6) is 0.772. The molecule has 0 spiro atoms. The van der Waals surface area contributed by atoms with Gasteiger partial charge in [0.15, 0.2) is 0 Å². The van der Waals surface area contributed by atoms with Crippen molar-refractivity contribution >= 4 is 0 Å². The van der Waals surface area contributed by atoms with E-state index in [4.69, 9.17) is 9.47 Å². The van der Waals surface area contributed by atoms with E-state index in [9.17, 15) is 5.11 Å². The van der Waals surface area contributed by atoms with Crippen LogP contribution in [0.15, 0.2) is 24.3 Å². The second-order valence-corrected chi connectivity index (χ2v) is 5.04. The molecule has 2 unspecified atom stereocenters. The Hall–Kier alpha value is -1.10. The number of aliphatic hydroxyl groups excluding tert-OH is 1. The van der Waals surface area contributed by atoms with Crippen molar-refractivity contribution in [1.82, 2.24) is 4.90 Å². The van der Waals surface area contributed by atoms with Gasteiger partial charge in [0.1, 0.15) is 5.75 Å². The van der Waals surface area contributed by atoms with E-state index in [1.54, 1.807) is 14.2 Å². The molecule has 0 radical (unpaired) electrons. The first-order valence-corrected chi connectivity index (χ1v) is 7.17. The van der Waals surface area contributed by atoms with Crippen molar-refractivity contribution in [3.63, 3.8) is 0 Å². The maximum absolute atomic E-state index is 10.4. The van der Waals surface area contributed by atoms with Gasteiger partial charge in [-0.2, -0.15) is 0 Å². The molecule has 0 aliphatic carbocycles. The van der Waals surface area contributed by atoms with Crippen LogP contribution in [0.4, 0.5) is 0 Å². The van der Waals surface area contributed by atoms with Crippen LogP contribution in [-0.2, 0) is 4.74 Å². The predicted octanol–water partition coefficient (Wildman–Crippen LogP) is 2.48. The van der Waals surface area contributed by atoms with Crippen LogP contribution in [0.5, 0.6) is 5.75 Å². The van der Waals surface area contributed by atoms with Crippen LogP contribution in [0.1, 0.15) is 31.9 Å². The first-order valence-electron chi connectivity index (χ1n) is 7.17. The van der Waals surface area contributed by atoms with Gasteiger partial charge in [0.25, 0.3) is 0 Å². The van der Waals surface area contributed by atoms with E-state index in [0.29, 0.717) is 19.2 Å². The fourth-order valence-electron chi connectivity index (χ4n) is 2.13. The number of hydrogen-bond acceptors (Lipinski definition) is 4. The standard InChI is InChI=1S/C16H27NO3/c1-5-13(2)17(9-10-19-3)12-16(18)14-7-6-8-15(11-14)20-4/h6-8,11,13,16,18H,5,9-10,12H2,1-4H3. The molecule has 20 heavy (non-hydrogen) atoms. The van der Waals surface area contributed by atoms with Crippen molar-refractivity contribution in [3.05, 3.63) is 29.8 Å². The molecule has 0 aromatic heterocycles. The van der Waals surface area contributed by atoms with Crippen LogP contribution >= 0.6 is 0 Å². The molecule has 114 valence electrons. The minimum absolute atomic E-state index is 0.422. The summed E-state index contributed by atoms with van der Waals surface area (Å²) in [6, 6.07) is 8.02. The molecule has 1 aromatic carbocycles. The summed E-state index contributed by atoms with van der Waals surface area (Å²) in [6.07, 6.45) is 0.533. The maximum atomic E-state index is 10.4.